The van der Waals surface area contributed by atoms with Gasteiger partial charge in [-0.25, -0.2) is 4.39 Å². The zero-order valence-corrected chi connectivity index (χ0v) is 8.55. The molecule has 0 aromatic heterocycles. The summed E-state index contributed by atoms with van der Waals surface area (Å²) < 4.78 is 13.0. The Bertz CT molecular complexity index is 357. The molecule has 1 aromatic carbocycles. The zero-order valence-electron chi connectivity index (χ0n) is 8.55. The first kappa shape index (κ1) is 9.66. The molecule has 2 heteroatoms. The Balaban J connectivity index is 2.57. The van der Waals surface area contributed by atoms with Crippen LogP contribution < -0.4 is 0 Å². The molecular formula is C12H15FO. The van der Waals surface area contributed by atoms with E-state index in [9.17, 15) is 9.50 Å². The van der Waals surface area contributed by atoms with Gasteiger partial charge in [0.05, 0.1) is 6.10 Å². The molecule has 1 aliphatic carbocycles. The molecule has 1 nitrogen and oxygen atoms in total. The molecule has 2 rings (SSSR count). The van der Waals surface area contributed by atoms with Gasteiger partial charge in [-0.05, 0) is 41.5 Å². The SMILES string of the molecule is CC1(C)CCC(O)c2cc(F)ccc21. The van der Waals surface area contributed by atoms with Crippen molar-refractivity contribution in [3.63, 3.8) is 0 Å². The Hall–Kier alpha value is -0.890. The van der Waals surface area contributed by atoms with Gasteiger partial charge in [0.1, 0.15) is 5.82 Å². The van der Waals surface area contributed by atoms with Gasteiger partial charge in [-0.2, -0.15) is 0 Å². The van der Waals surface area contributed by atoms with E-state index < -0.39 is 6.10 Å². The van der Waals surface area contributed by atoms with Crippen LogP contribution in [0.2, 0.25) is 0 Å². The fraction of sp³-hybridized carbons (Fsp3) is 0.500. The van der Waals surface area contributed by atoms with E-state index in [-0.39, 0.29) is 11.2 Å². The molecule has 1 atom stereocenters. The lowest BCUT2D eigenvalue weighted by atomic mass is 9.72. The normalized spacial score (nSPS) is 24.4. The van der Waals surface area contributed by atoms with E-state index in [0.717, 1.165) is 24.0 Å². The average Bonchev–Trinajstić information content (AvgIpc) is 2.12. The third kappa shape index (κ3) is 1.44. The van der Waals surface area contributed by atoms with E-state index in [1.807, 2.05) is 0 Å². The van der Waals surface area contributed by atoms with Crippen LogP contribution in [0.25, 0.3) is 0 Å². The molecule has 0 spiro atoms. The third-order valence-electron chi connectivity index (χ3n) is 3.14. The summed E-state index contributed by atoms with van der Waals surface area (Å²) in [7, 11) is 0. The van der Waals surface area contributed by atoms with Crippen molar-refractivity contribution in [3.8, 4) is 0 Å². The molecule has 0 fully saturated rings. The third-order valence-corrected chi connectivity index (χ3v) is 3.14. The van der Waals surface area contributed by atoms with Gasteiger partial charge in [0.15, 0.2) is 0 Å². The molecule has 76 valence electrons. The van der Waals surface area contributed by atoms with Crippen LogP contribution in [0.5, 0.6) is 0 Å². The summed E-state index contributed by atoms with van der Waals surface area (Å²) in [4.78, 5) is 0. The maximum atomic E-state index is 13.0. The first-order valence-corrected chi connectivity index (χ1v) is 4.99. The van der Waals surface area contributed by atoms with Crippen molar-refractivity contribution >= 4 is 0 Å². The van der Waals surface area contributed by atoms with Gasteiger partial charge in [0, 0.05) is 0 Å². The van der Waals surface area contributed by atoms with E-state index in [1.165, 1.54) is 12.1 Å². The van der Waals surface area contributed by atoms with Gasteiger partial charge in [0.2, 0.25) is 0 Å². The maximum absolute atomic E-state index is 13.0. The quantitative estimate of drug-likeness (QED) is 0.673. The highest BCUT2D eigenvalue weighted by molar-refractivity contribution is 5.37. The van der Waals surface area contributed by atoms with Crippen LogP contribution in [0.15, 0.2) is 18.2 Å². The highest BCUT2D eigenvalue weighted by atomic mass is 19.1. The Kier molecular flexibility index (Phi) is 2.11. The van der Waals surface area contributed by atoms with Crippen molar-refractivity contribution in [2.24, 2.45) is 0 Å². The van der Waals surface area contributed by atoms with E-state index in [4.69, 9.17) is 0 Å². The van der Waals surface area contributed by atoms with Crippen molar-refractivity contribution < 1.29 is 9.50 Å². The monoisotopic (exact) mass is 194 g/mol. The molecule has 14 heavy (non-hydrogen) atoms. The van der Waals surface area contributed by atoms with Crippen molar-refractivity contribution in [1.82, 2.24) is 0 Å². The largest absolute Gasteiger partial charge is 0.388 e. The molecule has 0 bridgehead atoms. The Labute approximate surface area is 83.6 Å². The van der Waals surface area contributed by atoms with Gasteiger partial charge >= 0.3 is 0 Å². The van der Waals surface area contributed by atoms with E-state index in [2.05, 4.69) is 13.8 Å². The molecule has 0 saturated carbocycles. The second-order valence-corrected chi connectivity index (χ2v) is 4.67. The molecule has 0 radical (unpaired) electrons. The molecule has 0 amide bonds. The number of hydrogen-bond donors (Lipinski definition) is 1. The maximum Gasteiger partial charge on any atom is 0.123 e. The Morgan fingerprint density at radius 1 is 1.43 bits per heavy atom. The minimum Gasteiger partial charge on any atom is -0.388 e. The molecule has 0 heterocycles. The van der Waals surface area contributed by atoms with E-state index in [1.54, 1.807) is 6.07 Å². The Morgan fingerprint density at radius 3 is 2.86 bits per heavy atom. The summed E-state index contributed by atoms with van der Waals surface area (Å²) in [5.41, 5.74) is 1.90. The summed E-state index contributed by atoms with van der Waals surface area (Å²) >= 11 is 0. The van der Waals surface area contributed by atoms with Crippen LogP contribution in [0, 0.1) is 5.82 Å². The molecule has 0 saturated heterocycles. The lowest BCUT2D eigenvalue weighted by molar-refractivity contribution is 0.139. The number of fused-ring (bicyclic) bond motifs is 1. The van der Waals surface area contributed by atoms with Crippen molar-refractivity contribution in [3.05, 3.63) is 35.1 Å². The molecular weight excluding hydrogens is 179 g/mol. The van der Waals surface area contributed by atoms with E-state index in [0.29, 0.717) is 0 Å². The summed E-state index contributed by atoms with van der Waals surface area (Å²) in [5.74, 6) is -0.263. The number of aliphatic hydroxyl groups excluding tert-OH is 1. The predicted octanol–water partition coefficient (Wildman–Crippen LogP) is 2.93. The summed E-state index contributed by atoms with van der Waals surface area (Å²) in [5, 5.41) is 9.75. The van der Waals surface area contributed by atoms with Crippen LogP contribution in [0.3, 0.4) is 0 Å². The number of halogens is 1. The molecule has 1 aliphatic rings. The molecule has 1 aromatic rings. The topological polar surface area (TPSA) is 20.2 Å². The van der Waals surface area contributed by atoms with Gasteiger partial charge in [-0.3, -0.25) is 0 Å². The number of aliphatic hydroxyl groups is 1. The van der Waals surface area contributed by atoms with Gasteiger partial charge in [-0.15, -0.1) is 0 Å². The van der Waals surface area contributed by atoms with E-state index >= 15 is 0 Å². The van der Waals surface area contributed by atoms with Crippen LogP contribution in [0.1, 0.15) is 43.9 Å². The Morgan fingerprint density at radius 2 is 2.14 bits per heavy atom. The number of benzene rings is 1. The fourth-order valence-corrected chi connectivity index (χ4v) is 2.21. The standard InChI is InChI=1S/C12H15FO/c1-12(2)6-5-11(14)9-7-8(13)3-4-10(9)12/h3-4,7,11,14H,5-6H2,1-2H3. The first-order chi connectivity index (χ1) is 6.50. The lowest BCUT2D eigenvalue weighted by Crippen LogP contribution is -2.26. The average molecular weight is 194 g/mol. The molecule has 1 N–H and O–H groups in total. The van der Waals surface area contributed by atoms with Gasteiger partial charge in [-0.1, -0.05) is 19.9 Å². The smallest absolute Gasteiger partial charge is 0.123 e. The van der Waals surface area contributed by atoms with Crippen molar-refractivity contribution in [1.29, 1.82) is 0 Å². The van der Waals surface area contributed by atoms with Crippen LogP contribution in [-0.4, -0.2) is 5.11 Å². The lowest BCUT2D eigenvalue weighted by Gasteiger charge is -2.35. The van der Waals surface area contributed by atoms with Gasteiger partial charge < -0.3 is 5.11 Å². The van der Waals surface area contributed by atoms with Gasteiger partial charge in [0.25, 0.3) is 0 Å². The number of rotatable bonds is 0. The fourth-order valence-electron chi connectivity index (χ4n) is 2.21. The van der Waals surface area contributed by atoms with Crippen LogP contribution in [0.4, 0.5) is 4.39 Å². The minimum absolute atomic E-state index is 0.0578. The second-order valence-electron chi connectivity index (χ2n) is 4.67. The molecule has 0 aliphatic heterocycles. The minimum atomic E-state index is -0.492. The summed E-state index contributed by atoms with van der Waals surface area (Å²) in [6, 6.07) is 4.73. The van der Waals surface area contributed by atoms with Crippen LogP contribution >= 0.6 is 0 Å². The number of hydrogen-bond acceptors (Lipinski definition) is 1. The second kappa shape index (κ2) is 3.06. The highest BCUT2D eigenvalue weighted by Crippen LogP contribution is 2.41. The summed E-state index contributed by atoms with van der Waals surface area (Å²) in [6.07, 6.45) is 1.18. The predicted molar refractivity (Wildman–Crippen MR) is 53.6 cm³/mol. The molecule has 1 unspecified atom stereocenters. The van der Waals surface area contributed by atoms with Crippen LogP contribution in [-0.2, 0) is 5.41 Å². The van der Waals surface area contributed by atoms with Crippen molar-refractivity contribution in [2.45, 2.75) is 38.2 Å². The first-order valence-electron chi connectivity index (χ1n) is 4.99. The van der Waals surface area contributed by atoms with Crippen molar-refractivity contribution in [2.75, 3.05) is 0 Å². The highest BCUT2D eigenvalue weighted by Gasteiger charge is 2.31. The summed E-state index contributed by atoms with van der Waals surface area (Å²) in [6.45, 7) is 4.27. The zero-order chi connectivity index (χ0) is 10.3.